The maximum atomic E-state index is 13.5. The average molecular weight is 388 g/mol. The Balaban J connectivity index is 2.07. The van der Waals surface area contributed by atoms with Gasteiger partial charge in [-0.15, -0.1) is 0 Å². The number of hydrogen-bond acceptors (Lipinski definition) is 4. The molecule has 138 valence electrons. The second kappa shape index (κ2) is 8.09. The van der Waals surface area contributed by atoms with Gasteiger partial charge in [0.15, 0.2) is 5.82 Å². The topological polar surface area (TPSA) is 85.1 Å². The van der Waals surface area contributed by atoms with Gasteiger partial charge in [-0.1, -0.05) is 23.7 Å². The SMILES string of the molecule is O=C(O)CCc1nn(Cc2cccc(F)c2)c(-c2ccc(Cl)cc2)nc1=O. The van der Waals surface area contributed by atoms with Crippen LogP contribution in [-0.2, 0) is 17.8 Å². The molecule has 0 aliphatic heterocycles. The number of carbonyl (C=O) groups is 1. The van der Waals surface area contributed by atoms with Crippen molar-refractivity contribution >= 4 is 17.6 Å². The number of benzene rings is 2. The maximum Gasteiger partial charge on any atom is 0.303 e. The van der Waals surface area contributed by atoms with Crippen molar-refractivity contribution in [2.45, 2.75) is 19.4 Å². The average Bonchev–Trinajstić information content (AvgIpc) is 2.62. The highest BCUT2D eigenvalue weighted by molar-refractivity contribution is 6.30. The molecule has 3 rings (SSSR count). The molecule has 0 fully saturated rings. The molecular formula is C19H15ClFN3O3. The first-order chi connectivity index (χ1) is 12.9. The van der Waals surface area contributed by atoms with Gasteiger partial charge < -0.3 is 5.11 Å². The number of aromatic nitrogens is 3. The third kappa shape index (κ3) is 4.77. The molecule has 1 N–H and O–H groups in total. The lowest BCUT2D eigenvalue weighted by molar-refractivity contribution is -0.136. The fourth-order valence-electron chi connectivity index (χ4n) is 2.57. The monoisotopic (exact) mass is 387 g/mol. The number of hydrogen-bond donors (Lipinski definition) is 1. The summed E-state index contributed by atoms with van der Waals surface area (Å²) in [5.74, 6) is -1.13. The molecule has 0 bridgehead atoms. The fourth-order valence-corrected chi connectivity index (χ4v) is 2.69. The Morgan fingerprint density at radius 1 is 1.19 bits per heavy atom. The first-order valence-corrected chi connectivity index (χ1v) is 8.50. The minimum atomic E-state index is -1.03. The van der Waals surface area contributed by atoms with E-state index in [1.165, 1.54) is 16.8 Å². The highest BCUT2D eigenvalue weighted by atomic mass is 35.5. The maximum absolute atomic E-state index is 13.5. The number of carboxylic acids is 1. The van der Waals surface area contributed by atoms with E-state index in [1.54, 1.807) is 36.4 Å². The van der Waals surface area contributed by atoms with Crippen LogP contribution in [-0.4, -0.2) is 25.8 Å². The Bertz CT molecular complexity index is 1040. The van der Waals surface area contributed by atoms with Gasteiger partial charge in [0.05, 0.1) is 13.0 Å². The summed E-state index contributed by atoms with van der Waals surface area (Å²) in [5, 5.41) is 13.7. The van der Waals surface area contributed by atoms with Crippen molar-refractivity contribution in [3.63, 3.8) is 0 Å². The van der Waals surface area contributed by atoms with Crippen LogP contribution in [0.5, 0.6) is 0 Å². The van der Waals surface area contributed by atoms with Crippen LogP contribution in [0, 0.1) is 5.82 Å². The van der Waals surface area contributed by atoms with Crippen molar-refractivity contribution in [3.05, 3.63) is 81.0 Å². The van der Waals surface area contributed by atoms with Crippen molar-refractivity contribution < 1.29 is 14.3 Å². The number of carboxylic acid groups (broad SMARTS) is 1. The molecular weight excluding hydrogens is 373 g/mol. The third-order valence-corrected chi connectivity index (χ3v) is 4.09. The quantitative estimate of drug-likeness (QED) is 0.702. The Hall–Kier alpha value is -3.06. The molecule has 0 radical (unpaired) electrons. The first kappa shape index (κ1) is 18.7. The van der Waals surface area contributed by atoms with E-state index in [0.29, 0.717) is 22.0 Å². The van der Waals surface area contributed by atoms with Crippen molar-refractivity contribution in [2.75, 3.05) is 0 Å². The molecule has 8 heteroatoms. The molecule has 27 heavy (non-hydrogen) atoms. The van der Waals surface area contributed by atoms with Crippen molar-refractivity contribution in [3.8, 4) is 11.4 Å². The van der Waals surface area contributed by atoms with Gasteiger partial charge in [0.25, 0.3) is 5.56 Å². The highest BCUT2D eigenvalue weighted by Crippen LogP contribution is 2.19. The molecule has 0 amide bonds. The molecule has 0 aliphatic carbocycles. The number of halogens is 2. The fraction of sp³-hybridized carbons (Fsp3) is 0.158. The van der Waals surface area contributed by atoms with E-state index in [0.717, 1.165) is 0 Å². The van der Waals surface area contributed by atoms with Crippen LogP contribution in [0.1, 0.15) is 17.7 Å². The van der Waals surface area contributed by atoms with Crippen LogP contribution in [0.4, 0.5) is 4.39 Å². The Kier molecular flexibility index (Phi) is 5.61. The molecule has 6 nitrogen and oxygen atoms in total. The number of nitrogens with zero attached hydrogens (tertiary/aromatic N) is 3. The second-order valence-electron chi connectivity index (χ2n) is 5.88. The highest BCUT2D eigenvalue weighted by Gasteiger charge is 2.14. The lowest BCUT2D eigenvalue weighted by Gasteiger charge is -2.13. The normalized spacial score (nSPS) is 10.7. The molecule has 0 atom stereocenters. The standard InChI is InChI=1S/C19H15ClFN3O3/c20-14-6-4-13(5-7-14)18-22-19(27)16(8-9-17(25)26)23-24(18)11-12-2-1-3-15(21)10-12/h1-7,10H,8-9,11H2,(H,25,26). The zero-order valence-electron chi connectivity index (χ0n) is 14.1. The molecule has 0 saturated heterocycles. The van der Waals surface area contributed by atoms with Gasteiger partial charge in [-0.3, -0.25) is 9.59 Å². The molecule has 1 aromatic heterocycles. The zero-order valence-corrected chi connectivity index (χ0v) is 14.9. The minimum Gasteiger partial charge on any atom is -0.481 e. The third-order valence-electron chi connectivity index (χ3n) is 3.84. The van der Waals surface area contributed by atoms with E-state index in [1.807, 2.05) is 0 Å². The second-order valence-corrected chi connectivity index (χ2v) is 6.31. The molecule has 0 aliphatic rings. The first-order valence-electron chi connectivity index (χ1n) is 8.12. The predicted octanol–water partition coefficient (Wildman–Crippen LogP) is 3.16. The van der Waals surface area contributed by atoms with Gasteiger partial charge in [0.1, 0.15) is 11.5 Å². The van der Waals surface area contributed by atoms with Crippen LogP contribution in [0.25, 0.3) is 11.4 Å². The molecule has 0 saturated carbocycles. The van der Waals surface area contributed by atoms with Crippen molar-refractivity contribution in [1.29, 1.82) is 0 Å². The van der Waals surface area contributed by atoms with E-state index in [9.17, 15) is 14.0 Å². The van der Waals surface area contributed by atoms with Gasteiger partial charge in [-0.25, -0.2) is 9.07 Å². The van der Waals surface area contributed by atoms with Crippen molar-refractivity contribution in [1.82, 2.24) is 14.8 Å². The summed E-state index contributed by atoms with van der Waals surface area (Å²) >= 11 is 5.91. The van der Waals surface area contributed by atoms with E-state index < -0.39 is 11.5 Å². The van der Waals surface area contributed by atoms with Crippen LogP contribution in [0.15, 0.2) is 53.3 Å². The van der Waals surface area contributed by atoms with Crippen LogP contribution < -0.4 is 5.56 Å². The van der Waals surface area contributed by atoms with Gasteiger partial charge in [-0.05, 0) is 42.0 Å². The van der Waals surface area contributed by atoms with Gasteiger partial charge in [0.2, 0.25) is 0 Å². The number of aryl methyl sites for hydroxylation is 1. The summed E-state index contributed by atoms with van der Waals surface area (Å²) in [4.78, 5) is 27.2. The van der Waals surface area contributed by atoms with Gasteiger partial charge >= 0.3 is 5.97 Å². The van der Waals surface area contributed by atoms with E-state index in [2.05, 4.69) is 10.1 Å². The Morgan fingerprint density at radius 2 is 1.93 bits per heavy atom. The van der Waals surface area contributed by atoms with E-state index in [4.69, 9.17) is 16.7 Å². The number of rotatable bonds is 6. The predicted molar refractivity (Wildman–Crippen MR) is 98.2 cm³/mol. The lowest BCUT2D eigenvalue weighted by atomic mass is 10.2. The van der Waals surface area contributed by atoms with Crippen LogP contribution in [0.2, 0.25) is 5.02 Å². The van der Waals surface area contributed by atoms with Crippen LogP contribution >= 0.6 is 11.6 Å². The van der Waals surface area contributed by atoms with E-state index in [-0.39, 0.29) is 30.9 Å². The molecule has 1 heterocycles. The summed E-state index contributed by atoms with van der Waals surface area (Å²) in [6, 6.07) is 12.7. The summed E-state index contributed by atoms with van der Waals surface area (Å²) in [7, 11) is 0. The van der Waals surface area contributed by atoms with Gasteiger partial charge in [0, 0.05) is 17.0 Å². The van der Waals surface area contributed by atoms with E-state index >= 15 is 0 Å². The largest absolute Gasteiger partial charge is 0.481 e. The lowest BCUT2D eigenvalue weighted by Crippen LogP contribution is -2.24. The summed E-state index contributed by atoms with van der Waals surface area (Å²) < 4.78 is 15.0. The molecule has 3 aromatic rings. The summed E-state index contributed by atoms with van der Waals surface area (Å²) in [5.41, 5.74) is 0.709. The van der Waals surface area contributed by atoms with Gasteiger partial charge in [-0.2, -0.15) is 10.1 Å². The Labute approximate surface area is 158 Å². The summed E-state index contributed by atoms with van der Waals surface area (Å²) in [6.45, 7) is 0.170. The minimum absolute atomic E-state index is 0.0365. The van der Waals surface area contributed by atoms with Crippen LogP contribution in [0.3, 0.4) is 0 Å². The smallest absolute Gasteiger partial charge is 0.303 e. The molecule has 0 spiro atoms. The summed E-state index contributed by atoms with van der Waals surface area (Å²) in [6.07, 6.45) is -0.268. The molecule has 2 aromatic carbocycles. The zero-order chi connectivity index (χ0) is 19.4. The molecule has 0 unspecified atom stereocenters. The van der Waals surface area contributed by atoms with Crippen molar-refractivity contribution in [2.24, 2.45) is 0 Å². The Morgan fingerprint density at radius 3 is 2.59 bits per heavy atom. The number of aliphatic carboxylic acids is 1.